The van der Waals surface area contributed by atoms with Gasteiger partial charge >= 0.3 is 0 Å². The normalized spacial score (nSPS) is 26.5. The fraction of sp³-hybridized carbons (Fsp3) is 0.538. The third-order valence-corrected chi connectivity index (χ3v) is 4.04. The van der Waals surface area contributed by atoms with Crippen LogP contribution in [0.1, 0.15) is 37.2 Å². The first-order chi connectivity index (χ1) is 7.31. The summed E-state index contributed by atoms with van der Waals surface area (Å²) in [5.74, 6) is 1.39. The molecule has 1 aromatic carbocycles. The molecule has 1 nitrogen and oxygen atoms in total. The molecule has 0 amide bonds. The molecule has 2 heteroatoms. The molecule has 0 aliphatic heterocycles. The van der Waals surface area contributed by atoms with Crippen LogP contribution in [0.3, 0.4) is 0 Å². The molecule has 0 saturated heterocycles. The maximum absolute atomic E-state index is 5.85. The summed E-state index contributed by atoms with van der Waals surface area (Å²) in [7, 11) is 0. The van der Waals surface area contributed by atoms with E-state index in [9.17, 15) is 0 Å². The van der Waals surface area contributed by atoms with Crippen LogP contribution in [0, 0.1) is 5.92 Å². The lowest BCUT2D eigenvalue weighted by molar-refractivity contribution is 0.314. The maximum Gasteiger partial charge on any atom is 0.0175 e. The molecule has 1 aromatic rings. The van der Waals surface area contributed by atoms with Gasteiger partial charge in [0.2, 0.25) is 0 Å². The average molecular weight is 268 g/mol. The van der Waals surface area contributed by atoms with Crippen LogP contribution in [0.4, 0.5) is 0 Å². The number of nitrogens with two attached hydrogens (primary N) is 1. The Bertz CT molecular complexity index is 307. The third-order valence-electron chi connectivity index (χ3n) is 3.51. The van der Waals surface area contributed by atoms with Gasteiger partial charge < -0.3 is 5.73 Å². The molecule has 2 rings (SSSR count). The van der Waals surface area contributed by atoms with E-state index in [2.05, 4.69) is 40.2 Å². The maximum atomic E-state index is 5.85. The molecule has 0 bridgehead atoms. The van der Waals surface area contributed by atoms with Crippen molar-refractivity contribution < 1.29 is 0 Å². The van der Waals surface area contributed by atoms with Crippen molar-refractivity contribution in [1.82, 2.24) is 0 Å². The summed E-state index contributed by atoms with van der Waals surface area (Å²) in [5, 5.41) is 0. The molecule has 0 aromatic heterocycles. The fourth-order valence-electron chi connectivity index (χ4n) is 2.64. The van der Waals surface area contributed by atoms with Gasteiger partial charge in [0.05, 0.1) is 0 Å². The van der Waals surface area contributed by atoms with Crippen molar-refractivity contribution in [3.05, 3.63) is 34.3 Å². The minimum absolute atomic E-state index is 0.692. The summed E-state index contributed by atoms with van der Waals surface area (Å²) in [6.45, 7) is 0.834. The van der Waals surface area contributed by atoms with Crippen molar-refractivity contribution in [1.29, 1.82) is 0 Å². The van der Waals surface area contributed by atoms with Gasteiger partial charge in [0.1, 0.15) is 0 Å². The fourth-order valence-corrected chi connectivity index (χ4v) is 2.90. The quantitative estimate of drug-likeness (QED) is 0.869. The molecule has 1 aliphatic rings. The van der Waals surface area contributed by atoms with E-state index in [-0.39, 0.29) is 0 Å². The lowest BCUT2D eigenvalue weighted by Gasteiger charge is -2.31. The number of hydrogen-bond acceptors (Lipinski definition) is 1. The van der Waals surface area contributed by atoms with Crippen LogP contribution in [0.25, 0.3) is 0 Å². The zero-order chi connectivity index (χ0) is 10.7. The molecule has 1 saturated carbocycles. The van der Waals surface area contributed by atoms with Gasteiger partial charge in [-0.2, -0.15) is 0 Å². The molecule has 15 heavy (non-hydrogen) atoms. The Morgan fingerprint density at radius 1 is 1.13 bits per heavy atom. The van der Waals surface area contributed by atoms with E-state index in [0.29, 0.717) is 11.8 Å². The van der Waals surface area contributed by atoms with E-state index in [0.717, 1.165) is 11.0 Å². The first kappa shape index (κ1) is 11.2. The third kappa shape index (κ3) is 2.61. The highest BCUT2D eigenvalue weighted by Crippen LogP contribution is 2.37. The summed E-state index contributed by atoms with van der Waals surface area (Å²) < 4.78 is 1.16. The Morgan fingerprint density at radius 2 is 1.80 bits per heavy atom. The molecule has 2 N–H and O–H groups in total. The molecule has 0 radical (unpaired) electrons. The van der Waals surface area contributed by atoms with Gasteiger partial charge in [-0.15, -0.1) is 0 Å². The van der Waals surface area contributed by atoms with Crippen LogP contribution in [-0.2, 0) is 0 Å². The second kappa shape index (κ2) is 5.13. The summed E-state index contributed by atoms with van der Waals surface area (Å²) in [5.41, 5.74) is 7.32. The van der Waals surface area contributed by atoms with Crippen molar-refractivity contribution in [3.63, 3.8) is 0 Å². The van der Waals surface area contributed by atoms with Crippen LogP contribution >= 0.6 is 15.9 Å². The monoisotopic (exact) mass is 267 g/mol. The zero-order valence-electron chi connectivity index (χ0n) is 8.95. The summed E-state index contributed by atoms with van der Waals surface area (Å²) in [6, 6.07) is 8.75. The largest absolute Gasteiger partial charge is 0.330 e. The number of rotatable bonds is 2. The van der Waals surface area contributed by atoms with Gasteiger partial charge in [0.15, 0.2) is 0 Å². The summed E-state index contributed by atoms with van der Waals surface area (Å²) in [4.78, 5) is 0. The first-order valence-electron chi connectivity index (χ1n) is 5.77. The summed E-state index contributed by atoms with van der Waals surface area (Å²) >= 11 is 3.48. The molecule has 0 spiro atoms. The highest BCUT2D eigenvalue weighted by Gasteiger charge is 2.24. The van der Waals surface area contributed by atoms with Crippen LogP contribution in [0.15, 0.2) is 28.7 Å². The average Bonchev–Trinajstić information content (AvgIpc) is 2.30. The van der Waals surface area contributed by atoms with Gasteiger partial charge in [0.25, 0.3) is 0 Å². The van der Waals surface area contributed by atoms with Gasteiger partial charge in [-0.1, -0.05) is 40.9 Å². The number of benzene rings is 1. The Hall–Kier alpha value is -0.340. The topological polar surface area (TPSA) is 26.0 Å². The Labute approximate surface area is 100 Å². The van der Waals surface area contributed by atoms with E-state index in [4.69, 9.17) is 5.73 Å². The number of hydrogen-bond donors (Lipinski definition) is 1. The van der Waals surface area contributed by atoms with Crippen LogP contribution in [0.5, 0.6) is 0 Å². The molecule has 1 aliphatic carbocycles. The molecule has 82 valence electrons. The Balaban J connectivity index is 2.16. The van der Waals surface area contributed by atoms with E-state index in [1.807, 2.05) is 0 Å². The standard InChI is InChI=1S/C13H18BrN/c14-12-7-5-10(6-8-12)13-4-2-1-3-11(13)9-15/h5-8,11,13H,1-4,9,15H2. The van der Waals surface area contributed by atoms with Gasteiger partial charge in [-0.05, 0) is 48.9 Å². The minimum Gasteiger partial charge on any atom is -0.330 e. The van der Waals surface area contributed by atoms with Crippen molar-refractivity contribution in [2.45, 2.75) is 31.6 Å². The predicted molar refractivity (Wildman–Crippen MR) is 67.9 cm³/mol. The second-order valence-corrected chi connectivity index (χ2v) is 5.35. The van der Waals surface area contributed by atoms with Crippen molar-refractivity contribution >= 4 is 15.9 Å². The molecular formula is C13H18BrN. The lowest BCUT2D eigenvalue weighted by atomic mass is 9.75. The Morgan fingerprint density at radius 3 is 2.47 bits per heavy atom. The smallest absolute Gasteiger partial charge is 0.0175 e. The molecular weight excluding hydrogens is 250 g/mol. The van der Waals surface area contributed by atoms with Gasteiger partial charge in [0, 0.05) is 4.47 Å². The van der Waals surface area contributed by atoms with Crippen molar-refractivity contribution in [3.8, 4) is 0 Å². The van der Waals surface area contributed by atoms with Gasteiger partial charge in [-0.3, -0.25) is 0 Å². The van der Waals surface area contributed by atoms with Crippen molar-refractivity contribution in [2.75, 3.05) is 6.54 Å². The van der Waals surface area contributed by atoms with Crippen LogP contribution in [0.2, 0.25) is 0 Å². The van der Waals surface area contributed by atoms with Crippen molar-refractivity contribution in [2.24, 2.45) is 11.7 Å². The number of halogens is 1. The molecule has 2 unspecified atom stereocenters. The zero-order valence-corrected chi connectivity index (χ0v) is 10.5. The SMILES string of the molecule is NCC1CCCCC1c1ccc(Br)cc1. The van der Waals surface area contributed by atoms with Gasteiger partial charge in [-0.25, -0.2) is 0 Å². The van der Waals surface area contributed by atoms with E-state index in [1.54, 1.807) is 0 Å². The molecule has 0 heterocycles. The second-order valence-electron chi connectivity index (χ2n) is 4.44. The highest BCUT2D eigenvalue weighted by atomic mass is 79.9. The van der Waals surface area contributed by atoms with E-state index < -0.39 is 0 Å². The van der Waals surface area contributed by atoms with Crippen LogP contribution in [-0.4, -0.2) is 6.54 Å². The summed E-state index contributed by atoms with van der Waals surface area (Å²) in [6.07, 6.45) is 5.33. The highest BCUT2D eigenvalue weighted by molar-refractivity contribution is 9.10. The van der Waals surface area contributed by atoms with Crippen LogP contribution < -0.4 is 5.73 Å². The Kier molecular flexibility index (Phi) is 3.81. The first-order valence-corrected chi connectivity index (χ1v) is 6.56. The molecule has 2 atom stereocenters. The molecule has 1 fully saturated rings. The minimum atomic E-state index is 0.692. The van der Waals surface area contributed by atoms with E-state index in [1.165, 1.54) is 31.2 Å². The predicted octanol–water partition coefficient (Wildman–Crippen LogP) is 3.68. The van der Waals surface area contributed by atoms with E-state index >= 15 is 0 Å². The lowest BCUT2D eigenvalue weighted by Crippen LogP contribution is -2.25.